The molecule has 7 heteroatoms. The van der Waals surface area contributed by atoms with Crippen LogP contribution in [0.1, 0.15) is 10.4 Å². The maximum Gasteiger partial charge on any atom is 0.155 e. The Morgan fingerprint density at radius 3 is 2.78 bits per heavy atom. The third-order valence-electron chi connectivity index (χ3n) is 2.02. The summed E-state index contributed by atoms with van der Waals surface area (Å²) in [5.41, 5.74) is 0.0489. The molecule has 1 aromatic carbocycles. The standard InChI is InChI=1S/C11H5ClF2N2OS/c12-10-7(4-17)11(16-5-15-10)18-9-3-6(13)1-2-8(9)14/h1-5H. The molecule has 0 atom stereocenters. The van der Waals surface area contributed by atoms with E-state index >= 15 is 0 Å². The molecule has 0 saturated carbocycles. The van der Waals surface area contributed by atoms with Crippen molar-refractivity contribution >= 4 is 29.6 Å². The highest BCUT2D eigenvalue weighted by atomic mass is 35.5. The zero-order valence-corrected chi connectivity index (χ0v) is 10.3. The molecule has 92 valence electrons. The monoisotopic (exact) mass is 286 g/mol. The van der Waals surface area contributed by atoms with Crippen molar-refractivity contribution < 1.29 is 13.6 Å². The van der Waals surface area contributed by atoms with Crippen LogP contribution >= 0.6 is 23.4 Å². The van der Waals surface area contributed by atoms with Gasteiger partial charge < -0.3 is 0 Å². The molecule has 1 aromatic heterocycles. The highest BCUT2D eigenvalue weighted by molar-refractivity contribution is 7.99. The fourth-order valence-electron chi connectivity index (χ4n) is 1.20. The van der Waals surface area contributed by atoms with Gasteiger partial charge in [0.2, 0.25) is 0 Å². The number of carbonyl (C=O) groups excluding carboxylic acids is 1. The summed E-state index contributed by atoms with van der Waals surface area (Å²) in [6, 6.07) is 3.03. The van der Waals surface area contributed by atoms with E-state index in [4.69, 9.17) is 11.6 Å². The van der Waals surface area contributed by atoms with Gasteiger partial charge in [0.1, 0.15) is 28.1 Å². The van der Waals surface area contributed by atoms with Crippen LogP contribution in [0, 0.1) is 11.6 Å². The molecule has 0 aliphatic rings. The summed E-state index contributed by atoms with van der Waals surface area (Å²) in [5.74, 6) is -1.18. The molecule has 3 nitrogen and oxygen atoms in total. The number of hydrogen-bond donors (Lipinski definition) is 0. The smallest absolute Gasteiger partial charge is 0.155 e. The lowest BCUT2D eigenvalue weighted by Crippen LogP contribution is -1.94. The Kier molecular flexibility index (Phi) is 3.88. The van der Waals surface area contributed by atoms with Crippen LogP contribution in [0.2, 0.25) is 5.15 Å². The van der Waals surface area contributed by atoms with Gasteiger partial charge in [-0.05, 0) is 18.2 Å². The van der Waals surface area contributed by atoms with Gasteiger partial charge in [-0.25, -0.2) is 18.7 Å². The van der Waals surface area contributed by atoms with E-state index in [2.05, 4.69) is 9.97 Å². The third kappa shape index (κ3) is 2.65. The van der Waals surface area contributed by atoms with E-state index in [0.29, 0.717) is 6.29 Å². The van der Waals surface area contributed by atoms with Gasteiger partial charge in [-0.15, -0.1) is 0 Å². The van der Waals surface area contributed by atoms with E-state index in [9.17, 15) is 13.6 Å². The highest BCUT2D eigenvalue weighted by Gasteiger charge is 2.13. The van der Waals surface area contributed by atoms with Crippen molar-refractivity contribution in [2.24, 2.45) is 0 Å². The Labute approximate surface area is 110 Å². The Morgan fingerprint density at radius 2 is 2.06 bits per heavy atom. The number of aldehydes is 1. The highest BCUT2D eigenvalue weighted by Crippen LogP contribution is 2.32. The van der Waals surface area contributed by atoms with Gasteiger partial charge in [-0.1, -0.05) is 23.4 Å². The van der Waals surface area contributed by atoms with Crippen molar-refractivity contribution in [1.82, 2.24) is 9.97 Å². The van der Waals surface area contributed by atoms with Gasteiger partial charge in [0.05, 0.1) is 10.5 Å². The van der Waals surface area contributed by atoms with Gasteiger partial charge in [-0.3, -0.25) is 4.79 Å². The summed E-state index contributed by atoms with van der Waals surface area (Å²) in [6.45, 7) is 0. The van der Waals surface area contributed by atoms with Crippen molar-refractivity contribution in [3.63, 3.8) is 0 Å². The Morgan fingerprint density at radius 1 is 1.28 bits per heavy atom. The van der Waals surface area contributed by atoms with Crippen molar-refractivity contribution in [1.29, 1.82) is 0 Å². The molecular formula is C11H5ClF2N2OS. The average Bonchev–Trinajstić information content (AvgIpc) is 2.34. The van der Waals surface area contributed by atoms with Crippen LogP contribution in [0.3, 0.4) is 0 Å². The van der Waals surface area contributed by atoms with Gasteiger partial charge in [-0.2, -0.15) is 0 Å². The van der Waals surface area contributed by atoms with Crippen LogP contribution in [0.25, 0.3) is 0 Å². The first-order chi connectivity index (χ1) is 8.61. The topological polar surface area (TPSA) is 42.9 Å². The number of nitrogens with zero attached hydrogens (tertiary/aromatic N) is 2. The molecule has 0 aliphatic heterocycles. The maximum absolute atomic E-state index is 13.4. The third-order valence-corrected chi connectivity index (χ3v) is 3.37. The molecule has 2 rings (SSSR count). The van der Waals surface area contributed by atoms with Crippen molar-refractivity contribution in [2.45, 2.75) is 9.92 Å². The zero-order chi connectivity index (χ0) is 13.1. The van der Waals surface area contributed by atoms with Crippen LogP contribution in [-0.4, -0.2) is 16.3 Å². The molecule has 0 spiro atoms. The lowest BCUT2D eigenvalue weighted by molar-refractivity contribution is 0.112. The summed E-state index contributed by atoms with van der Waals surface area (Å²) >= 11 is 6.52. The minimum atomic E-state index is -0.604. The lowest BCUT2D eigenvalue weighted by Gasteiger charge is -2.05. The van der Waals surface area contributed by atoms with Crippen LogP contribution in [0.4, 0.5) is 8.78 Å². The second kappa shape index (κ2) is 5.41. The van der Waals surface area contributed by atoms with Crippen molar-refractivity contribution in [2.75, 3.05) is 0 Å². The Bertz CT molecular complexity index is 610. The molecule has 0 fully saturated rings. The molecule has 18 heavy (non-hydrogen) atoms. The minimum absolute atomic E-state index is 0.0212. The normalized spacial score (nSPS) is 10.4. The Balaban J connectivity index is 2.43. The molecule has 1 heterocycles. The molecule has 2 aromatic rings. The molecule has 0 aliphatic carbocycles. The van der Waals surface area contributed by atoms with Crippen LogP contribution < -0.4 is 0 Å². The molecular weight excluding hydrogens is 282 g/mol. The van der Waals surface area contributed by atoms with Crippen LogP contribution in [0.15, 0.2) is 34.4 Å². The number of benzene rings is 1. The largest absolute Gasteiger partial charge is 0.298 e. The Hall–Kier alpha value is -1.53. The van der Waals surface area contributed by atoms with E-state index < -0.39 is 11.6 Å². The number of halogens is 3. The SMILES string of the molecule is O=Cc1c(Cl)ncnc1Sc1cc(F)ccc1F. The van der Waals surface area contributed by atoms with E-state index in [1.165, 1.54) is 0 Å². The van der Waals surface area contributed by atoms with Gasteiger partial charge >= 0.3 is 0 Å². The van der Waals surface area contributed by atoms with E-state index in [1.54, 1.807) is 0 Å². The summed E-state index contributed by atoms with van der Waals surface area (Å²) in [4.78, 5) is 18.3. The van der Waals surface area contributed by atoms with Gasteiger partial charge in [0.25, 0.3) is 0 Å². The van der Waals surface area contributed by atoms with Crippen molar-refractivity contribution in [3.8, 4) is 0 Å². The summed E-state index contributed by atoms with van der Waals surface area (Å²) in [6.07, 6.45) is 1.62. The average molecular weight is 287 g/mol. The number of hydrogen-bond acceptors (Lipinski definition) is 4. The minimum Gasteiger partial charge on any atom is -0.298 e. The summed E-state index contributed by atoms with van der Waals surface area (Å²) in [7, 11) is 0. The fourth-order valence-corrected chi connectivity index (χ4v) is 2.33. The first kappa shape index (κ1) is 12.9. The van der Waals surface area contributed by atoms with Gasteiger partial charge in [0.15, 0.2) is 6.29 Å². The summed E-state index contributed by atoms with van der Waals surface area (Å²) in [5, 5.41) is 0.147. The van der Waals surface area contributed by atoms with Gasteiger partial charge in [0, 0.05) is 0 Å². The predicted octanol–water partition coefficient (Wildman–Crippen LogP) is 3.37. The van der Waals surface area contributed by atoms with Crippen molar-refractivity contribution in [3.05, 3.63) is 46.9 Å². The summed E-state index contributed by atoms with van der Waals surface area (Å²) < 4.78 is 26.4. The molecule has 0 N–H and O–H groups in total. The fraction of sp³-hybridized carbons (Fsp3) is 0. The predicted molar refractivity (Wildman–Crippen MR) is 62.9 cm³/mol. The first-order valence-corrected chi connectivity index (χ1v) is 5.90. The molecule has 0 radical (unpaired) electrons. The zero-order valence-electron chi connectivity index (χ0n) is 8.73. The maximum atomic E-state index is 13.4. The number of rotatable bonds is 3. The van der Waals surface area contributed by atoms with Crippen LogP contribution in [-0.2, 0) is 0 Å². The second-order valence-corrected chi connectivity index (χ2v) is 4.57. The van der Waals surface area contributed by atoms with Crippen LogP contribution in [0.5, 0.6) is 0 Å². The number of aromatic nitrogens is 2. The first-order valence-electron chi connectivity index (χ1n) is 4.70. The second-order valence-electron chi connectivity index (χ2n) is 3.18. The van der Waals surface area contributed by atoms with E-state index in [-0.39, 0.29) is 20.6 Å². The molecule has 0 unspecified atom stereocenters. The van der Waals surface area contributed by atoms with E-state index in [0.717, 1.165) is 36.3 Å². The van der Waals surface area contributed by atoms with E-state index in [1.807, 2.05) is 0 Å². The quantitative estimate of drug-likeness (QED) is 0.641. The number of carbonyl (C=O) groups is 1. The molecule has 0 bridgehead atoms. The molecule has 0 saturated heterocycles. The molecule has 0 amide bonds. The lowest BCUT2D eigenvalue weighted by atomic mass is 10.3.